The van der Waals surface area contributed by atoms with Crippen LogP contribution in [0.2, 0.25) is 0 Å². The molecule has 0 aliphatic heterocycles. The minimum atomic E-state index is -0.195. The number of nitrogens with zero attached hydrogens (tertiary/aromatic N) is 3. The molecule has 7 heteroatoms. The van der Waals surface area contributed by atoms with Crippen molar-refractivity contribution in [3.8, 4) is 11.5 Å². The second-order valence-electron chi connectivity index (χ2n) is 7.68. The summed E-state index contributed by atoms with van der Waals surface area (Å²) < 4.78 is 5.77. The average Bonchev–Trinajstić information content (AvgIpc) is 2.81. The average molecular weight is 440 g/mol. The molecule has 0 fully saturated rings. The molecule has 0 unspecified atom stereocenters. The highest BCUT2D eigenvalue weighted by atomic mass is 16.5. The third-order valence-corrected chi connectivity index (χ3v) is 4.79. The molecule has 33 heavy (non-hydrogen) atoms. The summed E-state index contributed by atoms with van der Waals surface area (Å²) >= 11 is 0. The lowest BCUT2D eigenvalue weighted by Gasteiger charge is -2.14. The predicted octanol–water partition coefficient (Wildman–Crippen LogP) is 5.64. The Labute approximate surface area is 193 Å². The van der Waals surface area contributed by atoms with E-state index >= 15 is 0 Å². The lowest BCUT2D eigenvalue weighted by molar-refractivity contribution is 0.102. The molecule has 0 saturated carbocycles. The van der Waals surface area contributed by atoms with Crippen LogP contribution in [-0.4, -0.2) is 30.0 Å². The lowest BCUT2D eigenvalue weighted by Crippen LogP contribution is -2.13. The number of rotatable bonds is 7. The van der Waals surface area contributed by atoms with E-state index in [-0.39, 0.29) is 5.91 Å². The van der Waals surface area contributed by atoms with Crippen molar-refractivity contribution in [2.24, 2.45) is 0 Å². The molecule has 4 rings (SSSR count). The number of ether oxygens (including phenoxy) is 1. The summed E-state index contributed by atoms with van der Waals surface area (Å²) in [4.78, 5) is 23.5. The Morgan fingerprint density at radius 1 is 0.818 bits per heavy atom. The fourth-order valence-electron chi connectivity index (χ4n) is 3.11. The molecule has 3 aromatic carbocycles. The van der Waals surface area contributed by atoms with Gasteiger partial charge in [-0.15, -0.1) is 0 Å². The molecule has 1 aromatic heterocycles. The summed E-state index contributed by atoms with van der Waals surface area (Å²) in [5, 5.41) is 6.11. The molecule has 0 spiro atoms. The molecule has 0 atom stereocenters. The number of benzene rings is 3. The SMILES string of the molecule is Cc1cc(N(C)C)nc(Nc2ccc(NC(=O)c3ccc(Oc4ccccc4)cc3)cc2)n1. The van der Waals surface area contributed by atoms with Crippen molar-refractivity contribution in [3.05, 3.63) is 96.2 Å². The van der Waals surface area contributed by atoms with E-state index in [1.165, 1.54) is 0 Å². The van der Waals surface area contributed by atoms with Crippen LogP contribution in [0.1, 0.15) is 16.1 Å². The summed E-state index contributed by atoms with van der Waals surface area (Å²) in [5.74, 6) is 2.57. The topological polar surface area (TPSA) is 79.4 Å². The number of amides is 1. The van der Waals surface area contributed by atoms with Crippen LogP contribution < -0.4 is 20.3 Å². The highest BCUT2D eigenvalue weighted by Crippen LogP contribution is 2.22. The zero-order chi connectivity index (χ0) is 23.2. The highest BCUT2D eigenvalue weighted by Gasteiger charge is 2.08. The van der Waals surface area contributed by atoms with Crippen molar-refractivity contribution >= 4 is 29.0 Å². The first-order valence-electron chi connectivity index (χ1n) is 10.5. The normalized spacial score (nSPS) is 10.4. The second kappa shape index (κ2) is 9.82. The van der Waals surface area contributed by atoms with Gasteiger partial charge in [-0.2, -0.15) is 4.98 Å². The quantitative estimate of drug-likeness (QED) is 0.388. The summed E-state index contributed by atoms with van der Waals surface area (Å²) in [5.41, 5.74) is 2.93. The third kappa shape index (κ3) is 5.86. The van der Waals surface area contributed by atoms with Crippen LogP contribution in [0.3, 0.4) is 0 Å². The van der Waals surface area contributed by atoms with Gasteiger partial charge in [0.25, 0.3) is 5.91 Å². The van der Waals surface area contributed by atoms with Crippen molar-refractivity contribution in [1.82, 2.24) is 9.97 Å². The van der Waals surface area contributed by atoms with E-state index in [9.17, 15) is 4.79 Å². The Balaban J connectivity index is 1.37. The van der Waals surface area contributed by atoms with Crippen LogP contribution in [0.15, 0.2) is 84.9 Å². The Morgan fingerprint density at radius 2 is 1.45 bits per heavy atom. The Bertz CT molecular complexity index is 1220. The van der Waals surface area contributed by atoms with Crippen molar-refractivity contribution in [2.45, 2.75) is 6.92 Å². The molecule has 0 radical (unpaired) electrons. The maximum absolute atomic E-state index is 12.6. The molecule has 166 valence electrons. The van der Waals surface area contributed by atoms with Crippen LogP contribution in [0, 0.1) is 6.92 Å². The van der Waals surface area contributed by atoms with Crippen molar-refractivity contribution in [2.75, 3.05) is 29.6 Å². The smallest absolute Gasteiger partial charge is 0.255 e. The van der Waals surface area contributed by atoms with Gasteiger partial charge in [-0.3, -0.25) is 4.79 Å². The standard InChI is InChI=1S/C26H25N5O2/c1-18-17-24(31(2)3)30-26(27-18)29-21-13-11-20(12-14-21)28-25(32)19-9-15-23(16-10-19)33-22-7-5-4-6-8-22/h4-17H,1-3H3,(H,28,32)(H,27,29,30). The first-order chi connectivity index (χ1) is 16.0. The molecular formula is C26H25N5O2. The van der Waals surface area contributed by atoms with Crippen LogP contribution in [0.4, 0.5) is 23.1 Å². The minimum absolute atomic E-state index is 0.195. The zero-order valence-electron chi connectivity index (χ0n) is 18.7. The fraction of sp³-hybridized carbons (Fsp3) is 0.115. The summed E-state index contributed by atoms with van der Waals surface area (Å²) in [6, 6.07) is 25.9. The Kier molecular flexibility index (Phi) is 6.50. The lowest BCUT2D eigenvalue weighted by atomic mass is 10.2. The van der Waals surface area contributed by atoms with Crippen molar-refractivity contribution in [1.29, 1.82) is 0 Å². The summed E-state index contributed by atoms with van der Waals surface area (Å²) in [6.07, 6.45) is 0. The largest absolute Gasteiger partial charge is 0.457 e. The van der Waals surface area contributed by atoms with E-state index in [1.54, 1.807) is 24.3 Å². The molecule has 0 aliphatic carbocycles. The van der Waals surface area contributed by atoms with E-state index in [2.05, 4.69) is 20.6 Å². The van der Waals surface area contributed by atoms with Gasteiger partial charge in [0.1, 0.15) is 17.3 Å². The number of anilines is 4. The maximum atomic E-state index is 12.6. The Morgan fingerprint density at radius 3 is 2.12 bits per heavy atom. The number of hydrogen-bond acceptors (Lipinski definition) is 6. The first kappa shape index (κ1) is 21.8. The minimum Gasteiger partial charge on any atom is -0.457 e. The van der Waals surface area contributed by atoms with Gasteiger partial charge in [-0.25, -0.2) is 4.98 Å². The maximum Gasteiger partial charge on any atom is 0.255 e. The van der Waals surface area contributed by atoms with Crippen LogP contribution in [-0.2, 0) is 0 Å². The zero-order valence-corrected chi connectivity index (χ0v) is 18.7. The molecule has 0 bridgehead atoms. The molecule has 4 aromatic rings. The molecule has 2 N–H and O–H groups in total. The molecular weight excluding hydrogens is 414 g/mol. The Hall–Kier alpha value is -4.39. The van der Waals surface area contributed by atoms with Gasteiger partial charge in [0.15, 0.2) is 0 Å². The van der Waals surface area contributed by atoms with Gasteiger partial charge in [0, 0.05) is 42.8 Å². The van der Waals surface area contributed by atoms with Crippen LogP contribution in [0.25, 0.3) is 0 Å². The second-order valence-corrected chi connectivity index (χ2v) is 7.68. The summed E-state index contributed by atoms with van der Waals surface area (Å²) in [6.45, 7) is 1.93. The molecule has 0 aliphatic rings. The first-order valence-corrected chi connectivity index (χ1v) is 10.5. The number of carbonyl (C=O) groups excluding carboxylic acids is 1. The number of carbonyl (C=O) groups is 1. The van der Waals surface area contributed by atoms with Crippen molar-refractivity contribution < 1.29 is 9.53 Å². The number of aromatic nitrogens is 2. The predicted molar refractivity (Wildman–Crippen MR) is 132 cm³/mol. The number of para-hydroxylation sites is 1. The molecule has 7 nitrogen and oxygen atoms in total. The van der Waals surface area contributed by atoms with Gasteiger partial charge in [-0.1, -0.05) is 18.2 Å². The number of hydrogen-bond donors (Lipinski definition) is 2. The monoisotopic (exact) mass is 439 g/mol. The molecule has 0 saturated heterocycles. The van der Waals surface area contributed by atoms with Crippen molar-refractivity contribution in [3.63, 3.8) is 0 Å². The van der Waals surface area contributed by atoms with Gasteiger partial charge in [0.05, 0.1) is 0 Å². The molecule has 1 amide bonds. The van der Waals surface area contributed by atoms with Gasteiger partial charge in [0.2, 0.25) is 5.95 Å². The van der Waals surface area contributed by atoms with E-state index < -0.39 is 0 Å². The van der Waals surface area contributed by atoms with Crippen LogP contribution >= 0.6 is 0 Å². The van der Waals surface area contributed by atoms with Gasteiger partial charge in [-0.05, 0) is 67.6 Å². The fourth-order valence-corrected chi connectivity index (χ4v) is 3.11. The van der Waals surface area contributed by atoms with E-state index in [0.29, 0.717) is 22.9 Å². The van der Waals surface area contributed by atoms with Gasteiger partial charge < -0.3 is 20.3 Å². The van der Waals surface area contributed by atoms with Crippen LogP contribution in [0.5, 0.6) is 11.5 Å². The number of nitrogens with one attached hydrogen (secondary N) is 2. The number of aryl methyl sites for hydroxylation is 1. The van der Waals surface area contributed by atoms with E-state index in [0.717, 1.165) is 22.9 Å². The van der Waals surface area contributed by atoms with E-state index in [4.69, 9.17) is 4.74 Å². The summed E-state index contributed by atoms with van der Waals surface area (Å²) in [7, 11) is 3.87. The molecule has 1 heterocycles. The van der Waals surface area contributed by atoms with E-state index in [1.807, 2.05) is 86.6 Å². The third-order valence-electron chi connectivity index (χ3n) is 4.79. The highest BCUT2D eigenvalue weighted by molar-refractivity contribution is 6.04. The van der Waals surface area contributed by atoms with Gasteiger partial charge >= 0.3 is 0 Å².